The summed E-state index contributed by atoms with van der Waals surface area (Å²) in [6.45, 7) is 8.91. The maximum Gasteiger partial charge on any atom is 0.242 e. The first kappa shape index (κ1) is 13.1. The van der Waals surface area contributed by atoms with Crippen molar-refractivity contribution in [3.05, 3.63) is 12.7 Å². The van der Waals surface area contributed by atoms with Crippen molar-refractivity contribution in [3.63, 3.8) is 0 Å². The molecule has 0 atom stereocenters. The summed E-state index contributed by atoms with van der Waals surface area (Å²) in [5.74, 6) is 0.206. The van der Waals surface area contributed by atoms with Crippen LogP contribution in [0.25, 0.3) is 0 Å². The molecule has 18 heavy (non-hydrogen) atoms. The summed E-state index contributed by atoms with van der Waals surface area (Å²) in [5.41, 5.74) is 0. The van der Waals surface area contributed by atoms with Crippen molar-refractivity contribution in [2.75, 3.05) is 45.8 Å². The summed E-state index contributed by atoms with van der Waals surface area (Å²) in [6, 6.07) is 0. The van der Waals surface area contributed by atoms with Gasteiger partial charge in [0.1, 0.15) is 0 Å². The van der Waals surface area contributed by atoms with Crippen molar-refractivity contribution in [2.45, 2.75) is 12.8 Å². The van der Waals surface area contributed by atoms with Crippen molar-refractivity contribution >= 4 is 11.8 Å². The molecule has 0 aromatic heterocycles. The van der Waals surface area contributed by atoms with Gasteiger partial charge in [-0.2, -0.15) is 0 Å². The molecule has 100 valence electrons. The molecule has 0 bridgehead atoms. The number of rotatable bonds is 4. The van der Waals surface area contributed by atoms with Gasteiger partial charge in [0.05, 0.1) is 6.54 Å². The van der Waals surface area contributed by atoms with Crippen LogP contribution in [-0.4, -0.2) is 72.3 Å². The molecular weight excluding hydrogens is 230 g/mol. The molecule has 5 heteroatoms. The van der Waals surface area contributed by atoms with Crippen molar-refractivity contribution in [2.24, 2.45) is 0 Å². The molecule has 0 N–H and O–H groups in total. The lowest BCUT2D eigenvalue weighted by molar-refractivity contribution is -0.139. The minimum atomic E-state index is 0.0866. The van der Waals surface area contributed by atoms with Crippen molar-refractivity contribution in [1.82, 2.24) is 14.7 Å². The first-order valence-corrected chi connectivity index (χ1v) is 6.59. The largest absolute Gasteiger partial charge is 0.339 e. The Kier molecular flexibility index (Phi) is 4.36. The molecule has 2 aliphatic rings. The minimum Gasteiger partial charge on any atom is -0.339 e. The second-order valence-electron chi connectivity index (χ2n) is 4.89. The van der Waals surface area contributed by atoms with Gasteiger partial charge in [-0.15, -0.1) is 6.58 Å². The van der Waals surface area contributed by atoms with Crippen molar-refractivity contribution in [1.29, 1.82) is 0 Å². The van der Waals surface area contributed by atoms with Crippen LogP contribution in [0.1, 0.15) is 12.8 Å². The average Bonchev–Trinajstić information content (AvgIpc) is 2.76. The highest BCUT2D eigenvalue weighted by Gasteiger charge is 2.26. The maximum absolute atomic E-state index is 12.1. The molecule has 2 heterocycles. The van der Waals surface area contributed by atoms with Crippen LogP contribution >= 0.6 is 0 Å². The number of amides is 2. The average molecular weight is 251 g/mol. The lowest BCUT2D eigenvalue weighted by atomic mass is 10.3. The zero-order valence-corrected chi connectivity index (χ0v) is 10.8. The van der Waals surface area contributed by atoms with Crippen LogP contribution in [0.3, 0.4) is 0 Å². The third kappa shape index (κ3) is 3.10. The summed E-state index contributed by atoms with van der Waals surface area (Å²) in [7, 11) is 0. The predicted octanol–water partition coefficient (Wildman–Crippen LogP) is -0.0610. The van der Waals surface area contributed by atoms with E-state index in [0.717, 1.165) is 45.7 Å². The Balaban J connectivity index is 1.77. The molecule has 0 aromatic rings. The van der Waals surface area contributed by atoms with E-state index in [1.54, 1.807) is 4.90 Å². The summed E-state index contributed by atoms with van der Waals surface area (Å²) in [6.07, 6.45) is 3.37. The van der Waals surface area contributed by atoms with Gasteiger partial charge in [0.2, 0.25) is 11.8 Å². The maximum atomic E-state index is 12.1. The number of carbonyl (C=O) groups excluding carboxylic acids is 2. The molecule has 0 saturated carbocycles. The lowest BCUT2D eigenvalue weighted by Gasteiger charge is -2.34. The van der Waals surface area contributed by atoms with Gasteiger partial charge < -0.3 is 9.80 Å². The highest BCUT2D eigenvalue weighted by Crippen LogP contribution is 2.10. The molecule has 2 fully saturated rings. The molecule has 0 aliphatic carbocycles. The minimum absolute atomic E-state index is 0.0866. The van der Waals surface area contributed by atoms with Crippen LogP contribution in [0.4, 0.5) is 0 Å². The third-order valence-electron chi connectivity index (χ3n) is 3.61. The number of carbonyl (C=O) groups is 2. The Bertz CT molecular complexity index is 335. The molecule has 5 nitrogen and oxygen atoms in total. The van der Waals surface area contributed by atoms with E-state index in [1.807, 2.05) is 11.0 Å². The van der Waals surface area contributed by atoms with Gasteiger partial charge in [-0.3, -0.25) is 14.5 Å². The van der Waals surface area contributed by atoms with Gasteiger partial charge in [0.15, 0.2) is 0 Å². The topological polar surface area (TPSA) is 43.9 Å². The fourth-order valence-electron chi connectivity index (χ4n) is 2.50. The van der Waals surface area contributed by atoms with E-state index in [0.29, 0.717) is 6.42 Å². The highest BCUT2D eigenvalue weighted by atomic mass is 16.2. The van der Waals surface area contributed by atoms with E-state index in [1.165, 1.54) is 0 Å². The van der Waals surface area contributed by atoms with Gasteiger partial charge in [-0.25, -0.2) is 0 Å². The molecule has 2 aliphatic heterocycles. The Labute approximate surface area is 108 Å². The molecule has 0 radical (unpaired) electrons. The second-order valence-corrected chi connectivity index (χ2v) is 4.89. The number of nitrogens with zero attached hydrogens (tertiary/aromatic N) is 3. The second kappa shape index (κ2) is 6.00. The first-order valence-electron chi connectivity index (χ1n) is 6.59. The van der Waals surface area contributed by atoms with Crippen LogP contribution in [0.15, 0.2) is 12.7 Å². The summed E-state index contributed by atoms with van der Waals surface area (Å²) >= 11 is 0. The monoisotopic (exact) mass is 251 g/mol. The molecule has 2 amide bonds. The van der Waals surface area contributed by atoms with Crippen LogP contribution in [0.5, 0.6) is 0 Å². The van der Waals surface area contributed by atoms with E-state index in [9.17, 15) is 9.59 Å². The summed E-state index contributed by atoms with van der Waals surface area (Å²) < 4.78 is 0. The Morgan fingerprint density at radius 2 is 1.94 bits per heavy atom. The molecule has 2 rings (SSSR count). The van der Waals surface area contributed by atoms with E-state index < -0.39 is 0 Å². The van der Waals surface area contributed by atoms with Gasteiger partial charge >= 0.3 is 0 Å². The standard InChI is InChI=1S/C13H21N3O2/c1-2-5-14-7-9-15(10-8-14)13(18)11-16-6-3-4-12(16)17/h2H,1,3-11H2. The van der Waals surface area contributed by atoms with Crippen LogP contribution in [0, 0.1) is 0 Å². The van der Waals surface area contributed by atoms with Gasteiger partial charge in [0.25, 0.3) is 0 Å². The molecule has 2 saturated heterocycles. The van der Waals surface area contributed by atoms with Crippen molar-refractivity contribution in [3.8, 4) is 0 Å². The van der Waals surface area contributed by atoms with Crippen LogP contribution < -0.4 is 0 Å². The number of likely N-dealkylation sites (tertiary alicyclic amines) is 1. The quantitative estimate of drug-likeness (QED) is 0.657. The predicted molar refractivity (Wildman–Crippen MR) is 69.0 cm³/mol. The van der Waals surface area contributed by atoms with Crippen LogP contribution in [-0.2, 0) is 9.59 Å². The Morgan fingerprint density at radius 1 is 1.22 bits per heavy atom. The SMILES string of the molecule is C=CCN1CCN(C(=O)CN2CCCC2=O)CC1. The van der Waals surface area contributed by atoms with E-state index in [4.69, 9.17) is 0 Å². The smallest absolute Gasteiger partial charge is 0.242 e. The summed E-state index contributed by atoms with van der Waals surface area (Å²) in [4.78, 5) is 29.3. The van der Waals surface area contributed by atoms with Gasteiger partial charge in [-0.1, -0.05) is 6.08 Å². The van der Waals surface area contributed by atoms with E-state index >= 15 is 0 Å². The lowest BCUT2D eigenvalue weighted by Crippen LogP contribution is -2.51. The van der Waals surface area contributed by atoms with Gasteiger partial charge in [0, 0.05) is 45.7 Å². The molecule has 0 unspecified atom stereocenters. The fourth-order valence-corrected chi connectivity index (χ4v) is 2.50. The van der Waals surface area contributed by atoms with Crippen molar-refractivity contribution < 1.29 is 9.59 Å². The van der Waals surface area contributed by atoms with Crippen LogP contribution in [0.2, 0.25) is 0 Å². The third-order valence-corrected chi connectivity index (χ3v) is 3.61. The first-order chi connectivity index (χ1) is 8.70. The fraction of sp³-hybridized carbons (Fsp3) is 0.692. The Hall–Kier alpha value is -1.36. The number of hydrogen-bond donors (Lipinski definition) is 0. The van der Waals surface area contributed by atoms with Gasteiger partial charge in [-0.05, 0) is 6.42 Å². The zero-order chi connectivity index (χ0) is 13.0. The molecule has 0 spiro atoms. The molecule has 0 aromatic carbocycles. The zero-order valence-electron chi connectivity index (χ0n) is 10.8. The number of piperazine rings is 1. The Morgan fingerprint density at radius 3 is 2.50 bits per heavy atom. The van der Waals surface area contributed by atoms with E-state index in [-0.39, 0.29) is 18.4 Å². The van der Waals surface area contributed by atoms with E-state index in [2.05, 4.69) is 11.5 Å². The molecular formula is C13H21N3O2. The number of hydrogen-bond acceptors (Lipinski definition) is 3. The normalized spacial score (nSPS) is 21.4. The highest BCUT2D eigenvalue weighted by molar-refractivity contribution is 5.85. The summed E-state index contributed by atoms with van der Waals surface area (Å²) in [5, 5.41) is 0.